The number of rotatable bonds is 18. The van der Waals surface area contributed by atoms with E-state index >= 15 is 0 Å². The first-order valence-corrected chi connectivity index (χ1v) is 10.1. The third kappa shape index (κ3) is 17.0. The van der Waals surface area contributed by atoms with Crippen LogP contribution in [0.4, 0.5) is 0 Å². The molecule has 0 bridgehead atoms. The van der Waals surface area contributed by atoms with Crippen molar-refractivity contribution < 1.29 is 24.1 Å². The summed E-state index contributed by atoms with van der Waals surface area (Å²) in [6.07, 6.45) is 7.66. The SMILES string of the molecule is CCCCCCCCOC(C)COC(C)COC(C)COC(C)CO. The van der Waals surface area contributed by atoms with Gasteiger partial charge in [-0.25, -0.2) is 0 Å². The molecule has 25 heavy (non-hydrogen) atoms. The van der Waals surface area contributed by atoms with Gasteiger partial charge in [-0.2, -0.15) is 0 Å². The minimum atomic E-state index is -0.149. The number of hydrogen-bond donors (Lipinski definition) is 1. The highest BCUT2D eigenvalue weighted by Crippen LogP contribution is 2.06. The molecule has 0 aromatic carbocycles. The first-order valence-electron chi connectivity index (χ1n) is 10.1. The summed E-state index contributed by atoms with van der Waals surface area (Å²) < 4.78 is 22.7. The highest BCUT2D eigenvalue weighted by Gasteiger charge is 2.11. The number of unbranched alkanes of at least 4 members (excludes halogenated alkanes) is 5. The predicted molar refractivity (Wildman–Crippen MR) is 102 cm³/mol. The summed E-state index contributed by atoms with van der Waals surface area (Å²) in [6, 6.07) is 0. The van der Waals surface area contributed by atoms with Crippen molar-refractivity contribution in [3.8, 4) is 0 Å². The summed E-state index contributed by atoms with van der Waals surface area (Å²) in [7, 11) is 0. The quantitative estimate of drug-likeness (QED) is 0.374. The van der Waals surface area contributed by atoms with Gasteiger partial charge in [-0.3, -0.25) is 0 Å². The Bertz CT molecular complexity index is 275. The van der Waals surface area contributed by atoms with Crippen LogP contribution in [-0.4, -0.2) is 62.6 Å². The van der Waals surface area contributed by atoms with Crippen LogP contribution in [0.3, 0.4) is 0 Å². The van der Waals surface area contributed by atoms with Crippen LogP contribution in [0.1, 0.15) is 73.1 Å². The van der Waals surface area contributed by atoms with Crippen molar-refractivity contribution in [2.75, 3.05) is 33.0 Å². The first kappa shape index (κ1) is 24.8. The second-order valence-corrected chi connectivity index (χ2v) is 7.06. The minimum Gasteiger partial charge on any atom is -0.394 e. The maximum absolute atomic E-state index is 8.92. The smallest absolute Gasteiger partial charge is 0.0781 e. The van der Waals surface area contributed by atoms with E-state index in [1.54, 1.807) is 0 Å². The predicted octanol–water partition coefficient (Wildman–Crippen LogP) is 3.96. The third-order valence-corrected chi connectivity index (χ3v) is 4.00. The molecule has 4 atom stereocenters. The van der Waals surface area contributed by atoms with E-state index in [-0.39, 0.29) is 31.0 Å². The normalized spacial score (nSPS) is 16.6. The van der Waals surface area contributed by atoms with Crippen molar-refractivity contribution >= 4 is 0 Å². The highest BCUT2D eigenvalue weighted by molar-refractivity contribution is 4.56. The summed E-state index contributed by atoms with van der Waals surface area (Å²) in [5.41, 5.74) is 0. The Morgan fingerprint density at radius 1 is 0.600 bits per heavy atom. The monoisotopic (exact) mass is 362 g/mol. The molecule has 0 heterocycles. The zero-order valence-corrected chi connectivity index (χ0v) is 17.2. The van der Waals surface area contributed by atoms with Gasteiger partial charge in [0.2, 0.25) is 0 Å². The average Bonchev–Trinajstić information content (AvgIpc) is 2.61. The van der Waals surface area contributed by atoms with Crippen molar-refractivity contribution in [1.82, 2.24) is 0 Å². The fourth-order valence-electron chi connectivity index (χ4n) is 2.26. The van der Waals surface area contributed by atoms with Crippen molar-refractivity contribution in [3.63, 3.8) is 0 Å². The van der Waals surface area contributed by atoms with Crippen LogP contribution in [0.2, 0.25) is 0 Å². The fraction of sp³-hybridized carbons (Fsp3) is 1.00. The van der Waals surface area contributed by atoms with Crippen LogP contribution >= 0.6 is 0 Å². The molecule has 0 amide bonds. The van der Waals surface area contributed by atoms with E-state index in [0.717, 1.165) is 13.0 Å². The van der Waals surface area contributed by atoms with Crippen LogP contribution in [0, 0.1) is 0 Å². The maximum Gasteiger partial charge on any atom is 0.0781 e. The lowest BCUT2D eigenvalue weighted by atomic mass is 10.1. The topological polar surface area (TPSA) is 57.2 Å². The Kier molecular flexibility index (Phi) is 17.1. The van der Waals surface area contributed by atoms with Crippen LogP contribution in [0.15, 0.2) is 0 Å². The molecule has 0 aromatic heterocycles. The van der Waals surface area contributed by atoms with E-state index in [1.165, 1.54) is 32.1 Å². The second-order valence-electron chi connectivity index (χ2n) is 7.06. The zero-order chi connectivity index (χ0) is 18.9. The molecule has 0 aliphatic carbocycles. The molecule has 5 nitrogen and oxygen atoms in total. The molecule has 0 fully saturated rings. The van der Waals surface area contributed by atoms with Crippen LogP contribution in [-0.2, 0) is 18.9 Å². The van der Waals surface area contributed by atoms with Crippen molar-refractivity contribution in [2.45, 2.75) is 97.6 Å². The van der Waals surface area contributed by atoms with Gasteiger partial charge >= 0.3 is 0 Å². The van der Waals surface area contributed by atoms with Gasteiger partial charge in [-0.1, -0.05) is 39.0 Å². The van der Waals surface area contributed by atoms with Gasteiger partial charge < -0.3 is 24.1 Å². The van der Waals surface area contributed by atoms with Crippen LogP contribution in [0.25, 0.3) is 0 Å². The van der Waals surface area contributed by atoms with Crippen LogP contribution in [0.5, 0.6) is 0 Å². The summed E-state index contributed by atoms with van der Waals surface area (Å²) in [6.45, 7) is 12.5. The second kappa shape index (κ2) is 17.2. The molecule has 0 rings (SSSR count). The Hall–Kier alpha value is -0.200. The summed E-state index contributed by atoms with van der Waals surface area (Å²) >= 11 is 0. The highest BCUT2D eigenvalue weighted by atomic mass is 16.6. The van der Waals surface area contributed by atoms with Gasteiger partial charge in [0.1, 0.15) is 0 Å². The molecular weight excluding hydrogens is 320 g/mol. The van der Waals surface area contributed by atoms with Gasteiger partial charge in [-0.05, 0) is 34.1 Å². The zero-order valence-electron chi connectivity index (χ0n) is 17.2. The molecule has 0 aliphatic heterocycles. The van der Waals surface area contributed by atoms with Gasteiger partial charge in [0.15, 0.2) is 0 Å². The lowest BCUT2D eigenvalue weighted by molar-refractivity contribution is -0.0891. The molecule has 5 heteroatoms. The summed E-state index contributed by atoms with van der Waals surface area (Å²) in [5.74, 6) is 0. The summed E-state index contributed by atoms with van der Waals surface area (Å²) in [5, 5.41) is 8.92. The number of hydrogen-bond acceptors (Lipinski definition) is 5. The van der Waals surface area contributed by atoms with Crippen molar-refractivity contribution in [2.24, 2.45) is 0 Å². The lowest BCUT2D eigenvalue weighted by Crippen LogP contribution is -2.28. The van der Waals surface area contributed by atoms with Crippen molar-refractivity contribution in [3.05, 3.63) is 0 Å². The lowest BCUT2D eigenvalue weighted by Gasteiger charge is -2.21. The fourth-order valence-corrected chi connectivity index (χ4v) is 2.26. The number of ether oxygens (including phenoxy) is 4. The van der Waals surface area contributed by atoms with E-state index < -0.39 is 0 Å². The summed E-state index contributed by atoms with van der Waals surface area (Å²) in [4.78, 5) is 0. The molecule has 4 unspecified atom stereocenters. The average molecular weight is 363 g/mol. The molecule has 0 radical (unpaired) electrons. The van der Waals surface area contributed by atoms with E-state index in [1.807, 2.05) is 20.8 Å². The van der Waals surface area contributed by atoms with E-state index in [2.05, 4.69) is 13.8 Å². The van der Waals surface area contributed by atoms with Crippen molar-refractivity contribution in [1.29, 1.82) is 0 Å². The minimum absolute atomic E-state index is 0.0126. The molecule has 0 aliphatic rings. The number of aliphatic hydroxyl groups is 1. The molecule has 0 spiro atoms. The molecule has 1 N–H and O–H groups in total. The Morgan fingerprint density at radius 2 is 1.04 bits per heavy atom. The molecular formula is C20H42O5. The molecule has 152 valence electrons. The van der Waals surface area contributed by atoms with Crippen LogP contribution < -0.4 is 0 Å². The maximum atomic E-state index is 8.92. The Balaban J connectivity index is 3.52. The molecule has 0 saturated heterocycles. The standard InChI is InChI=1S/C20H42O5/c1-6-7-8-9-10-11-12-22-18(3)14-24-20(5)16-25-19(4)15-23-17(2)13-21/h17-21H,6-16H2,1-5H3. The van der Waals surface area contributed by atoms with Gasteiger partial charge in [-0.15, -0.1) is 0 Å². The largest absolute Gasteiger partial charge is 0.394 e. The molecule has 0 saturated carbocycles. The first-order chi connectivity index (χ1) is 12.0. The molecule has 0 aromatic rings. The van der Waals surface area contributed by atoms with Gasteiger partial charge in [0.05, 0.1) is 50.8 Å². The Labute approximate surface area is 155 Å². The van der Waals surface area contributed by atoms with Gasteiger partial charge in [0.25, 0.3) is 0 Å². The van der Waals surface area contributed by atoms with Gasteiger partial charge in [0, 0.05) is 6.61 Å². The van der Waals surface area contributed by atoms with E-state index in [4.69, 9.17) is 24.1 Å². The van der Waals surface area contributed by atoms with E-state index in [0.29, 0.717) is 19.8 Å². The van der Waals surface area contributed by atoms with E-state index in [9.17, 15) is 0 Å². The Morgan fingerprint density at radius 3 is 1.56 bits per heavy atom. The third-order valence-electron chi connectivity index (χ3n) is 4.00. The number of aliphatic hydroxyl groups excluding tert-OH is 1.